The van der Waals surface area contributed by atoms with Crippen LogP contribution in [0.15, 0.2) is 16.3 Å². The number of nitrogens with zero attached hydrogens (tertiary/aromatic N) is 1. The van der Waals surface area contributed by atoms with E-state index in [1.54, 1.807) is 6.07 Å². The van der Waals surface area contributed by atoms with Crippen molar-refractivity contribution in [1.29, 1.82) is 0 Å². The maximum Gasteiger partial charge on any atom is 0.250 e. The first-order valence-corrected chi connectivity index (χ1v) is 10.8. The van der Waals surface area contributed by atoms with Gasteiger partial charge in [0.15, 0.2) is 0 Å². The fraction of sp³-hybridized carbons (Fsp3) is 0.667. The van der Waals surface area contributed by atoms with E-state index in [1.807, 2.05) is 6.92 Å². The molecule has 2 heterocycles. The first kappa shape index (κ1) is 16.9. The third-order valence-corrected chi connectivity index (χ3v) is 8.17. The maximum absolute atomic E-state index is 12.1. The van der Waals surface area contributed by atoms with Crippen LogP contribution in [0.5, 0.6) is 0 Å². The van der Waals surface area contributed by atoms with E-state index >= 15 is 0 Å². The smallest absolute Gasteiger partial charge is 0.212 e. The molecule has 0 atom stereocenters. The summed E-state index contributed by atoms with van der Waals surface area (Å²) < 4.78 is 52.2. The molecule has 0 spiro atoms. The maximum atomic E-state index is 12.1. The molecule has 1 saturated heterocycles. The fourth-order valence-corrected chi connectivity index (χ4v) is 6.13. The minimum absolute atomic E-state index is 0.0991. The Morgan fingerprint density at radius 2 is 1.81 bits per heavy atom. The summed E-state index contributed by atoms with van der Waals surface area (Å²) in [5, 5.41) is 0. The number of thiophene rings is 1. The molecule has 1 aliphatic heterocycles. The summed E-state index contributed by atoms with van der Waals surface area (Å²) in [6.45, 7) is 2.81. The molecule has 21 heavy (non-hydrogen) atoms. The van der Waals surface area contributed by atoms with Crippen molar-refractivity contribution in [1.82, 2.24) is 9.03 Å². The molecule has 6 nitrogen and oxygen atoms in total. The molecule has 0 unspecified atom stereocenters. The van der Waals surface area contributed by atoms with Gasteiger partial charge in [-0.25, -0.2) is 25.9 Å². The topological polar surface area (TPSA) is 83.5 Å². The third kappa shape index (κ3) is 4.49. The number of hydrogen-bond donors (Lipinski definition) is 1. The Kier molecular flexibility index (Phi) is 5.42. The molecule has 1 aliphatic rings. The van der Waals surface area contributed by atoms with Crippen molar-refractivity contribution in [2.75, 3.05) is 25.4 Å². The van der Waals surface area contributed by atoms with Crippen molar-refractivity contribution in [3.63, 3.8) is 0 Å². The van der Waals surface area contributed by atoms with Gasteiger partial charge in [-0.2, -0.15) is 0 Å². The molecule has 2 rings (SSSR count). The van der Waals surface area contributed by atoms with Gasteiger partial charge in [0, 0.05) is 24.5 Å². The molecule has 9 heteroatoms. The Hall–Kier alpha value is -0.480. The van der Waals surface area contributed by atoms with Gasteiger partial charge in [-0.3, -0.25) is 0 Å². The molecule has 0 bridgehead atoms. The van der Waals surface area contributed by atoms with E-state index in [2.05, 4.69) is 4.72 Å². The quantitative estimate of drug-likeness (QED) is 0.832. The summed E-state index contributed by atoms with van der Waals surface area (Å²) in [5.74, 6) is -0.198. The molecule has 0 amide bonds. The Bertz CT molecular complexity index is 673. The zero-order chi connectivity index (χ0) is 15.5. The number of piperidine rings is 1. The van der Waals surface area contributed by atoms with Crippen molar-refractivity contribution in [3.8, 4) is 0 Å². The highest BCUT2D eigenvalue weighted by Gasteiger charge is 2.24. The van der Waals surface area contributed by atoms with Gasteiger partial charge in [0.25, 0.3) is 0 Å². The zero-order valence-corrected chi connectivity index (χ0v) is 14.4. The minimum atomic E-state index is -3.61. The van der Waals surface area contributed by atoms with Crippen LogP contribution in [-0.2, 0) is 20.0 Å². The van der Waals surface area contributed by atoms with E-state index in [-0.39, 0.29) is 16.5 Å². The summed E-state index contributed by atoms with van der Waals surface area (Å²) >= 11 is 1.17. The number of rotatable bonds is 6. The Morgan fingerprint density at radius 1 is 1.14 bits per heavy atom. The predicted octanol–water partition coefficient (Wildman–Crippen LogP) is 1.15. The van der Waals surface area contributed by atoms with Crippen LogP contribution in [0.1, 0.15) is 24.1 Å². The second-order valence-corrected chi connectivity index (χ2v) is 10.4. The summed E-state index contributed by atoms with van der Waals surface area (Å²) in [4.78, 5) is 0.899. The van der Waals surface area contributed by atoms with Crippen LogP contribution >= 0.6 is 11.3 Å². The summed E-state index contributed by atoms with van der Waals surface area (Å²) in [6, 6.07) is 3.26. The minimum Gasteiger partial charge on any atom is -0.212 e. The molecule has 1 N–H and O–H groups in total. The van der Waals surface area contributed by atoms with Crippen LogP contribution in [0.25, 0.3) is 0 Å². The van der Waals surface area contributed by atoms with Crippen LogP contribution in [0.3, 0.4) is 0 Å². The first-order chi connectivity index (χ1) is 9.81. The molecule has 1 aromatic heterocycles. The zero-order valence-electron chi connectivity index (χ0n) is 11.9. The van der Waals surface area contributed by atoms with Crippen LogP contribution in [0, 0.1) is 6.92 Å². The van der Waals surface area contributed by atoms with Gasteiger partial charge in [0.05, 0.1) is 5.75 Å². The normalized spacial score (nSPS) is 18.0. The van der Waals surface area contributed by atoms with E-state index in [0.717, 1.165) is 24.1 Å². The highest BCUT2D eigenvalue weighted by atomic mass is 32.2. The Morgan fingerprint density at radius 3 is 2.38 bits per heavy atom. The van der Waals surface area contributed by atoms with E-state index < -0.39 is 20.0 Å². The monoisotopic (exact) mass is 352 g/mol. The molecular weight excluding hydrogens is 332 g/mol. The highest BCUT2D eigenvalue weighted by Crippen LogP contribution is 2.20. The van der Waals surface area contributed by atoms with Crippen molar-refractivity contribution < 1.29 is 16.8 Å². The lowest BCUT2D eigenvalue weighted by Crippen LogP contribution is -2.40. The SMILES string of the molecule is Cc1ccc(S(=O)(=O)NCCS(=O)(=O)N2CCCCC2)s1. The van der Waals surface area contributed by atoms with E-state index in [9.17, 15) is 16.8 Å². The van der Waals surface area contributed by atoms with Gasteiger partial charge in [0.2, 0.25) is 20.0 Å². The van der Waals surface area contributed by atoms with Crippen molar-refractivity contribution in [2.45, 2.75) is 30.4 Å². The summed E-state index contributed by atoms with van der Waals surface area (Å²) in [6.07, 6.45) is 2.80. The standard InChI is InChI=1S/C12H20N2O4S3/c1-11-5-6-12(19-11)21(17,18)13-7-10-20(15,16)14-8-3-2-4-9-14/h5-6,13H,2-4,7-10H2,1H3. The van der Waals surface area contributed by atoms with E-state index in [0.29, 0.717) is 13.1 Å². The molecule has 0 aromatic carbocycles. The van der Waals surface area contributed by atoms with Gasteiger partial charge in [0.1, 0.15) is 4.21 Å². The third-order valence-electron chi connectivity index (χ3n) is 3.34. The Balaban J connectivity index is 1.91. The number of sulfonamides is 2. The summed E-state index contributed by atoms with van der Waals surface area (Å²) in [7, 11) is -6.98. The van der Waals surface area contributed by atoms with Gasteiger partial charge in [-0.15, -0.1) is 11.3 Å². The molecule has 1 fully saturated rings. The largest absolute Gasteiger partial charge is 0.250 e. The second kappa shape index (κ2) is 6.74. The van der Waals surface area contributed by atoms with Gasteiger partial charge in [-0.1, -0.05) is 6.42 Å². The highest BCUT2D eigenvalue weighted by molar-refractivity contribution is 7.91. The fourth-order valence-electron chi connectivity index (χ4n) is 2.20. The Labute approximate surface area is 130 Å². The van der Waals surface area contributed by atoms with Crippen LogP contribution < -0.4 is 4.72 Å². The van der Waals surface area contributed by atoms with E-state index in [4.69, 9.17) is 0 Å². The average Bonchev–Trinajstić information content (AvgIpc) is 2.87. The van der Waals surface area contributed by atoms with Crippen molar-refractivity contribution in [3.05, 3.63) is 17.0 Å². The van der Waals surface area contributed by atoms with Crippen LogP contribution in [0.2, 0.25) is 0 Å². The molecule has 1 aromatic rings. The van der Waals surface area contributed by atoms with Gasteiger partial charge >= 0.3 is 0 Å². The number of aryl methyl sites for hydroxylation is 1. The van der Waals surface area contributed by atoms with Gasteiger partial charge in [-0.05, 0) is 31.9 Å². The second-order valence-electron chi connectivity index (χ2n) is 5.04. The summed E-state index contributed by atoms with van der Waals surface area (Å²) in [5.41, 5.74) is 0. The lowest BCUT2D eigenvalue weighted by molar-refractivity contribution is 0.346. The van der Waals surface area contributed by atoms with Crippen LogP contribution in [0.4, 0.5) is 0 Å². The van der Waals surface area contributed by atoms with Crippen LogP contribution in [-0.4, -0.2) is 46.5 Å². The number of hydrogen-bond acceptors (Lipinski definition) is 5. The average molecular weight is 353 g/mol. The molecular formula is C12H20N2O4S3. The van der Waals surface area contributed by atoms with E-state index in [1.165, 1.54) is 21.7 Å². The lowest BCUT2D eigenvalue weighted by Gasteiger charge is -2.25. The lowest BCUT2D eigenvalue weighted by atomic mass is 10.2. The molecule has 120 valence electrons. The predicted molar refractivity (Wildman–Crippen MR) is 83.5 cm³/mol. The number of nitrogens with one attached hydrogen (secondary N) is 1. The molecule has 0 saturated carbocycles. The van der Waals surface area contributed by atoms with Gasteiger partial charge < -0.3 is 0 Å². The van der Waals surface area contributed by atoms with Crippen molar-refractivity contribution in [2.24, 2.45) is 0 Å². The first-order valence-electron chi connectivity index (χ1n) is 6.85. The van der Waals surface area contributed by atoms with Crippen molar-refractivity contribution >= 4 is 31.4 Å². The molecule has 0 radical (unpaired) electrons. The molecule has 0 aliphatic carbocycles.